The zero-order valence-corrected chi connectivity index (χ0v) is 19.9. The number of hydrogen-bond acceptors (Lipinski definition) is 7. The number of carbonyl (C=O) groups is 1. The van der Waals surface area contributed by atoms with Gasteiger partial charge in [0.25, 0.3) is 11.6 Å². The van der Waals surface area contributed by atoms with Crippen LogP contribution < -0.4 is 15.0 Å². The number of piperidine rings is 1. The van der Waals surface area contributed by atoms with Crippen molar-refractivity contribution in [3.05, 3.63) is 76.3 Å². The van der Waals surface area contributed by atoms with Gasteiger partial charge in [-0.3, -0.25) is 14.9 Å². The summed E-state index contributed by atoms with van der Waals surface area (Å²) >= 11 is 0. The highest BCUT2D eigenvalue weighted by Gasteiger charge is 2.23. The van der Waals surface area contributed by atoms with Crippen LogP contribution in [0.3, 0.4) is 0 Å². The molecule has 36 heavy (non-hydrogen) atoms. The highest BCUT2D eigenvalue weighted by atomic mass is 16.6. The fraction of sp³-hybridized carbons (Fsp3) is 0.269. The number of rotatable bonds is 7. The van der Waals surface area contributed by atoms with E-state index in [0.29, 0.717) is 29.0 Å². The predicted molar refractivity (Wildman–Crippen MR) is 137 cm³/mol. The average molecular weight is 487 g/mol. The van der Waals surface area contributed by atoms with Crippen molar-refractivity contribution in [2.24, 2.45) is 0 Å². The lowest BCUT2D eigenvalue weighted by Crippen LogP contribution is -2.30. The van der Waals surface area contributed by atoms with E-state index in [4.69, 9.17) is 4.74 Å². The number of anilines is 2. The van der Waals surface area contributed by atoms with Crippen LogP contribution in [-0.4, -0.2) is 45.5 Å². The summed E-state index contributed by atoms with van der Waals surface area (Å²) in [6.45, 7) is 4.08. The molecule has 0 radical (unpaired) electrons. The summed E-state index contributed by atoms with van der Waals surface area (Å²) in [5, 5.41) is 23.6. The fourth-order valence-corrected chi connectivity index (χ4v) is 4.37. The number of aromatic nitrogens is 3. The first-order valence-corrected chi connectivity index (χ1v) is 12.0. The Hall–Kier alpha value is -4.47. The van der Waals surface area contributed by atoms with E-state index in [0.717, 1.165) is 43.8 Å². The molecule has 1 N–H and O–H groups in total. The Morgan fingerprint density at radius 2 is 1.75 bits per heavy atom. The molecule has 10 heteroatoms. The molecular formula is C26H26N6O4. The summed E-state index contributed by atoms with van der Waals surface area (Å²) in [5.41, 5.74) is 3.30. The maximum Gasteiger partial charge on any atom is 0.293 e. The summed E-state index contributed by atoms with van der Waals surface area (Å²) < 4.78 is 5.47. The van der Waals surface area contributed by atoms with Gasteiger partial charge in [-0.1, -0.05) is 0 Å². The van der Waals surface area contributed by atoms with Crippen LogP contribution in [0.5, 0.6) is 5.75 Å². The number of nitro groups is 1. The van der Waals surface area contributed by atoms with Gasteiger partial charge in [0.2, 0.25) is 0 Å². The largest absolute Gasteiger partial charge is 0.494 e. The van der Waals surface area contributed by atoms with Gasteiger partial charge in [-0.15, -0.1) is 10.2 Å². The van der Waals surface area contributed by atoms with Crippen LogP contribution in [0, 0.1) is 10.1 Å². The van der Waals surface area contributed by atoms with Crippen molar-refractivity contribution in [2.75, 3.05) is 29.9 Å². The van der Waals surface area contributed by atoms with Crippen molar-refractivity contribution in [1.82, 2.24) is 15.0 Å². The molecule has 0 unspecified atom stereocenters. The number of nitrogens with one attached hydrogen (secondary N) is 1. The van der Waals surface area contributed by atoms with Crippen LogP contribution in [0.2, 0.25) is 0 Å². The van der Waals surface area contributed by atoms with Crippen LogP contribution in [-0.2, 0) is 0 Å². The predicted octanol–water partition coefficient (Wildman–Crippen LogP) is 4.97. The molecule has 1 saturated heterocycles. The quantitative estimate of drug-likeness (QED) is 0.290. The summed E-state index contributed by atoms with van der Waals surface area (Å²) in [5.74, 6) is 0.341. The topological polar surface area (TPSA) is 115 Å². The van der Waals surface area contributed by atoms with Crippen molar-refractivity contribution in [3.8, 4) is 11.4 Å². The van der Waals surface area contributed by atoms with Gasteiger partial charge >= 0.3 is 0 Å². The zero-order valence-electron chi connectivity index (χ0n) is 19.9. The normalized spacial score (nSPS) is 13.5. The first kappa shape index (κ1) is 23.3. The zero-order chi connectivity index (χ0) is 25.1. The number of hydrogen-bond donors (Lipinski definition) is 1. The number of fused-ring (bicyclic) bond motifs is 1. The van der Waals surface area contributed by atoms with E-state index < -0.39 is 10.8 Å². The molecule has 1 fully saturated rings. The third kappa shape index (κ3) is 4.83. The van der Waals surface area contributed by atoms with Crippen LogP contribution in [0.1, 0.15) is 36.5 Å². The second-order valence-corrected chi connectivity index (χ2v) is 8.58. The van der Waals surface area contributed by atoms with Crippen LogP contribution in [0.15, 0.2) is 60.7 Å². The number of amides is 1. The third-order valence-electron chi connectivity index (χ3n) is 6.15. The third-order valence-corrected chi connectivity index (χ3v) is 6.15. The molecule has 184 valence electrons. The Kier molecular flexibility index (Phi) is 6.48. The van der Waals surface area contributed by atoms with Crippen molar-refractivity contribution in [1.29, 1.82) is 0 Å². The van der Waals surface area contributed by atoms with Gasteiger partial charge in [0.15, 0.2) is 0 Å². The molecule has 10 nitrogen and oxygen atoms in total. The molecule has 0 saturated carbocycles. The number of carbonyl (C=O) groups excluding carboxylic acids is 1. The molecule has 0 atom stereocenters. The van der Waals surface area contributed by atoms with E-state index in [1.165, 1.54) is 10.9 Å². The molecule has 0 spiro atoms. The first-order chi connectivity index (χ1) is 17.5. The first-order valence-electron chi connectivity index (χ1n) is 12.0. The highest BCUT2D eigenvalue weighted by Crippen LogP contribution is 2.31. The van der Waals surface area contributed by atoms with E-state index in [1.54, 1.807) is 30.3 Å². The van der Waals surface area contributed by atoms with E-state index in [2.05, 4.69) is 15.5 Å². The molecule has 0 bridgehead atoms. The van der Waals surface area contributed by atoms with E-state index >= 15 is 0 Å². The smallest absolute Gasteiger partial charge is 0.293 e. The Bertz CT molecular complexity index is 1410. The van der Waals surface area contributed by atoms with E-state index in [1.807, 2.05) is 36.1 Å². The standard InChI is InChI=1S/C26H26N6O4/c1-2-36-21-10-8-20(9-11-21)31-28-22-12-7-19(17-23(22)29-31)27-26(33)18-6-13-24(25(16-18)32(34)35)30-14-4-3-5-15-30/h6-13,16-17H,2-5,14-15H2,1H3,(H,27,33). The molecule has 1 aliphatic rings. The Morgan fingerprint density at radius 3 is 2.47 bits per heavy atom. The van der Waals surface area contributed by atoms with Crippen molar-refractivity contribution >= 4 is 34.0 Å². The second-order valence-electron chi connectivity index (χ2n) is 8.58. The van der Waals surface area contributed by atoms with Crippen LogP contribution >= 0.6 is 0 Å². The van der Waals surface area contributed by atoms with Crippen molar-refractivity contribution in [2.45, 2.75) is 26.2 Å². The Balaban J connectivity index is 1.35. The molecule has 1 aromatic heterocycles. The fourth-order valence-electron chi connectivity index (χ4n) is 4.37. The average Bonchev–Trinajstić information content (AvgIpc) is 3.33. The summed E-state index contributed by atoms with van der Waals surface area (Å²) in [6.07, 6.45) is 3.14. The minimum atomic E-state index is -0.429. The Labute approximate surface area is 207 Å². The number of ether oxygens (including phenoxy) is 1. The molecule has 4 aromatic rings. The molecule has 1 aliphatic heterocycles. The SMILES string of the molecule is CCOc1ccc(-n2nc3ccc(NC(=O)c4ccc(N5CCCCC5)c([N+](=O)[O-])c4)cc3n2)cc1. The highest BCUT2D eigenvalue weighted by molar-refractivity contribution is 6.05. The van der Waals surface area contributed by atoms with Gasteiger partial charge in [-0.05, 0) is 80.8 Å². The summed E-state index contributed by atoms with van der Waals surface area (Å²) in [7, 11) is 0. The number of nitrogens with zero attached hydrogens (tertiary/aromatic N) is 5. The summed E-state index contributed by atoms with van der Waals surface area (Å²) in [4.78, 5) is 27.8. The van der Waals surface area contributed by atoms with Gasteiger partial charge in [-0.25, -0.2) is 0 Å². The van der Waals surface area contributed by atoms with Gasteiger partial charge in [-0.2, -0.15) is 4.80 Å². The lowest BCUT2D eigenvalue weighted by Gasteiger charge is -2.28. The van der Waals surface area contributed by atoms with E-state index in [9.17, 15) is 14.9 Å². The minimum absolute atomic E-state index is 0.0571. The molecule has 2 heterocycles. The Morgan fingerprint density at radius 1 is 1.00 bits per heavy atom. The molecule has 3 aromatic carbocycles. The van der Waals surface area contributed by atoms with Gasteiger partial charge in [0.1, 0.15) is 22.5 Å². The minimum Gasteiger partial charge on any atom is -0.494 e. The van der Waals surface area contributed by atoms with Crippen LogP contribution in [0.25, 0.3) is 16.7 Å². The van der Waals surface area contributed by atoms with Crippen LogP contribution in [0.4, 0.5) is 17.1 Å². The lowest BCUT2D eigenvalue weighted by molar-refractivity contribution is -0.384. The maximum absolute atomic E-state index is 12.9. The number of nitro benzene ring substituents is 1. The second kappa shape index (κ2) is 10.0. The maximum atomic E-state index is 12.9. The summed E-state index contributed by atoms with van der Waals surface area (Å²) in [6, 6.07) is 17.3. The van der Waals surface area contributed by atoms with Crippen molar-refractivity contribution in [3.63, 3.8) is 0 Å². The van der Waals surface area contributed by atoms with Crippen molar-refractivity contribution < 1.29 is 14.5 Å². The monoisotopic (exact) mass is 486 g/mol. The van der Waals surface area contributed by atoms with Gasteiger partial charge in [0.05, 0.1) is 17.2 Å². The molecule has 5 rings (SSSR count). The lowest BCUT2D eigenvalue weighted by atomic mass is 10.1. The molecule has 0 aliphatic carbocycles. The molecular weight excluding hydrogens is 460 g/mol. The van der Waals surface area contributed by atoms with E-state index in [-0.39, 0.29) is 11.3 Å². The van der Waals surface area contributed by atoms with Gasteiger partial charge < -0.3 is 15.0 Å². The number of benzene rings is 3. The molecule has 1 amide bonds. The van der Waals surface area contributed by atoms with Gasteiger partial charge in [0, 0.05) is 30.4 Å².